The second-order valence-electron chi connectivity index (χ2n) is 8.78. The number of nitriles is 1. The van der Waals surface area contributed by atoms with E-state index in [9.17, 15) is 14.4 Å². The second kappa shape index (κ2) is 8.91. The highest BCUT2D eigenvalue weighted by Crippen LogP contribution is 2.51. The van der Waals surface area contributed by atoms with Crippen molar-refractivity contribution in [3.63, 3.8) is 0 Å². The van der Waals surface area contributed by atoms with Crippen LogP contribution in [0.5, 0.6) is 5.75 Å². The van der Waals surface area contributed by atoms with Gasteiger partial charge in [-0.1, -0.05) is 23.7 Å². The zero-order chi connectivity index (χ0) is 24.7. The van der Waals surface area contributed by atoms with Crippen LogP contribution in [0.4, 0.5) is 24.5 Å². The molecule has 2 aromatic rings. The first-order valence-corrected chi connectivity index (χ1v) is 11.2. The minimum Gasteiger partial charge on any atom is -0.476 e. The number of carbonyl (C=O) groups excluding carboxylic acids is 1. The summed E-state index contributed by atoms with van der Waals surface area (Å²) in [7, 11) is 3.67. The van der Waals surface area contributed by atoms with Gasteiger partial charge in [-0.25, -0.2) is 4.39 Å². The van der Waals surface area contributed by atoms with Gasteiger partial charge in [-0.2, -0.15) is 14.0 Å². The summed E-state index contributed by atoms with van der Waals surface area (Å²) in [4.78, 5) is 16.4. The number of likely N-dealkylation sites (tertiary alicyclic amines) is 1. The molecule has 1 N–H and O–H groups in total. The molecular formula is C24H24ClF3N4O2. The minimum absolute atomic E-state index is 0.0144. The maximum Gasteiger partial charge on any atom is 0.291 e. The number of piperidine rings is 1. The van der Waals surface area contributed by atoms with Crippen molar-refractivity contribution in [1.29, 1.82) is 5.26 Å². The zero-order valence-electron chi connectivity index (χ0n) is 18.7. The molecule has 2 aliphatic heterocycles. The quantitative estimate of drug-likeness (QED) is 0.673. The molecule has 0 saturated carbocycles. The van der Waals surface area contributed by atoms with Crippen LogP contribution in [-0.4, -0.2) is 50.6 Å². The predicted molar refractivity (Wildman–Crippen MR) is 123 cm³/mol. The molecule has 4 rings (SSSR count). The number of halogens is 4. The first-order valence-electron chi connectivity index (χ1n) is 10.8. The van der Waals surface area contributed by atoms with Gasteiger partial charge in [0.15, 0.2) is 6.10 Å². The molecule has 1 unspecified atom stereocenters. The summed E-state index contributed by atoms with van der Waals surface area (Å²) in [6.07, 6.45) is -1.26. The van der Waals surface area contributed by atoms with E-state index in [0.29, 0.717) is 16.5 Å². The van der Waals surface area contributed by atoms with Crippen LogP contribution in [0.15, 0.2) is 36.4 Å². The SMILES string of the molecule is CN(C)c1cc2c(cc1Cl)NCC(C(=O)N1CCC(C#N)(C(F)(F)c3ccc(F)cc3)CC1)O2. The standard InChI is InChI=1S/C24H24ClF3N4O2/c1-31(2)19-12-20-18(11-17(19)25)30-13-21(34-20)22(33)32-9-7-23(14-29,8-10-32)24(27,28)15-3-5-16(26)6-4-15/h3-6,11-12,21,30H,7-10,13H2,1-2H3. The smallest absolute Gasteiger partial charge is 0.291 e. The van der Waals surface area contributed by atoms with Gasteiger partial charge in [-0.15, -0.1) is 0 Å². The second-order valence-corrected chi connectivity index (χ2v) is 9.19. The van der Waals surface area contributed by atoms with Gasteiger partial charge in [-0.3, -0.25) is 4.79 Å². The van der Waals surface area contributed by atoms with Crippen LogP contribution in [0, 0.1) is 22.6 Å². The Labute approximate surface area is 200 Å². The Morgan fingerprint density at radius 3 is 2.50 bits per heavy atom. The molecule has 0 bridgehead atoms. The monoisotopic (exact) mass is 492 g/mol. The molecule has 0 aliphatic carbocycles. The van der Waals surface area contributed by atoms with Crippen molar-refractivity contribution >= 4 is 28.9 Å². The highest BCUT2D eigenvalue weighted by atomic mass is 35.5. The number of carbonyl (C=O) groups is 1. The Morgan fingerprint density at radius 2 is 1.91 bits per heavy atom. The third-order valence-electron chi connectivity index (χ3n) is 6.50. The minimum atomic E-state index is -3.49. The van der Waals surface area contributed by atoms with Crippen molar-refractivity contribution in [2.75, 3.05) is 43.9 Å². The van der Waals surface area contributed by atoms with E-state index in [1.165, 1.54) is 4.90 Å². The van der Waals surface area contributed by atoms with Crippen LogP contribution < -0.4 is 15.0 Å². The number of nitrogens with zero attached hydrogens (tertiary/aromatic N) is 3. The number of alkyl halides is 2. The molecule has 2 aromatic carbocycles. The molecule has 2 aliphatic rings. The van der Waals surface area contributed by atoms with E-state index < -0.39 is 28.8 Å². The molecule has 1 saturated heterocycles. The fraction of sp³-hybridized carbons (Fsp3) is 0.417. The highest BCUT2D eigenvalue weighted by molar-refractivity contribution is 6.33. The van der Waals surface area contributed by atoms with E-state index in [1.807, 2.05) is 19.0 Å². The summed E-state index contributed by atoms with van der Waals surface area (Å²) in [5, 5.41) is 13.4. The average molecular weight is 493 g/mol. The summed E-state index contributed by atoms with van der Waals surface area (Å²) in [5.41, 5.74) is -1.00. The highest BCUT2D eigenvalue weighted by Gasteiger charge is 2.57. The maximum absolute atomic E-state index is 15.3. The summed E-state index contributed by atoms with van der Waals surface area (Å²) in [5.74, 6) is -3.98. The van der Waals surface area contributed by atoms with E-state index in [0.717, 1.165) is 30.0 Å². The van der Waals surface area contributed by atoms with Gasteiger partial charge in [0, 0.05) is 38.8 Å². The molecule has 180 valence electrons. The lowest BCUT2D eigenvalue weighted by atomic mass is 9.72. The van der Waals surface area contributed by atoms with Crippen LogP contribution in [-0.2, 0) is 10.7 Å². The molecule has 2 heterocycles. The van der Waals surface area contributed by atoms with E-state index in [2.05, 4.69) is 5.32 Å². The molecule has 1 atom stereocenters. The number of ether oxygens (including phenoxy) is 1. The Morgan fingerprint density at radius 1 is 1.26 bits per heavy atom. The molecule has 0 spiro atoms. The lowest BCUT2D eigenvalue weighted by molar-refractivity contribution is -0.150. The van der Waals surface area contributed by atoms with Crippen molar-refractivity contribution in [2.24, 2.45) is 5.41 Å². The molecular weight excluding hydrogens is 469 g/mol. The van der Waals surface area contributed by atoms with Gasteiger partial charge in [0.05, 0.1) is 29.0 Å². The van der Waals surface area contributed by atoms with Crippen LogP contribution in [0.2, 0.25) is 5.02 Å². The fourth-order valence-corrected chi connectivity index (χ4v) is 4.73. The summed E-state index contributed by atoms with van der Waals surface area (Å²) in [6, 6.07) is 9.17. The number of anilines is 2. The zero-order valence-corrected chi connectivity index (χ0v) is 19.5. The number of nitrogens with one attached hydrogen (secondary N) is 1. The Kier molecular flexibility index (Phi) is 6.30. The van der Waals surface area contributed by atoms with Crippen molar-refractivity contribution in [3.05, 3.63) is 52.8 Å². The predicted octanol–water partition coefficient (Wildman–Crippen LogP) is 4.64. The summed E-state index contributed by atoms with van der Waals surface area (Å²) < 4.78 is 49.8. The van der Waals surface area contributed by atoms with Crippen molar-refractivity contribution in [3.8, 4) is 11.8 Å². The third-order valence-corrected chi connectivity index (χ3v) is 6.81. The van der Waals surface area contributed by atoms with Gasteiger partial charge in [0.25, 0.3) is 11.8 Å². The van der Waals surface area contributed by atoms with Crippen LogP contribution in [0.3, 0.4) is 0 Å². The van der Waals surface area contributed by atoms with E-state index in [4.69, 9.17) is 16.3 Å². The number of hydrogen-bond acceptors (Lipinski definition) is 5. The van der Waals surface area contributed by atoms with Crippen molar-refractivity contribution in [2.45, 2.75) is 24.9 Å². The van der Waals surface area contributed by atoms with Crippen LogP contribution in [0.1, 0.15) is 18.4 Å². The normalized spacial score (nSPS) is 19.3. The van der Waals surface area contributed by atoms with Gasteiger partial charge in [0.2, 0.25) is 0 Å². The Hall–Kier alpha value is -3.12. The third kappa shape index (κ3) is 4.11. The molecule has 6 nitrogen and oxygen atoms in total. The van der Waals surface area contributed by atoms with Gasteiger partial charge in [0.1, 0.15) is 17.0 Å². The van der Waals surface area contributed by atoms with Gasteiger partial charge in [-0.05, 0) is 31.0 Å². The van der Waals surface area contributed by atoms with Crippen LogP contribution >= 0.6 is 11.6 Å². The lowest BCUT2D eigenvalue weighted by Crippen LogP contribution is -2.53. The number of hydrogen-bond donors (Lipinski definition) is 1. The largest absolute Gasteiger partial charge is 0.476 e. The first-order chi connectivity index (χ1) is 16.1. The molecule has 0 radical (unpaired) electrons. The Balaban J connectivity index is 1.47. The summed E-state index contributed by atoms with van der Waals surface area (Å²) in [6.45, 7) is 0.175. The van der Waals surface area contributed by atoms with E-state index >= 15 is 8.78 Å². The summed E-state index contributed by atoms with van der Waals surface area (Å²) >= 11 is 6.29. The molecule has 1 fully saturated rings. The Bertz CT molecular complexity index is 1130. The average Bonchev–Trinajstić information content (AvgIpc) is 2.83. The van der Waals surface area contributed by atoms with Gasteiger partial charge < -0.3 is 19.9 Å². The van der Waals surface area contributed by atoms with Crippen LogP contribution in [0.25, 0.3) is 0 Å². The van der Waals surface area contributed by atoms with Crippen molar-refractivity contribution in [1.82, 2.24) is 4.90 Å². The van der Waals surface area contributed by atoms with E-state index in [1.54, 1.807) is 18.2 Å². The van der Waals surface area contributed by atoms with Gasteiger partial charge >= 0.3 is 0 Å². The number of benzene rings is 2. The van der Waals surface area contributed by atoms with E-state index in [-0.39, 0.29) is 38.4 Å². The first kappa shape index (κ1) is 24.0. The topological polar surface area (TPSA) is 68.6 Å². The molecule has 1 amide bonds. The van der Waals surface area contributed by atoms with Crippen molar-refractivity contribution < 1.29 is 22.7 Å². The number of fused-ring (bicyclic) bond motifs is 1. The molecule has 34 heavy (non-hydrogen) atoms. The number of amides is 1. The molecule has 0 aromatic heterocycles. The number of rotatable bonds is 4. The maximum atomic E-state index is 15.3. The fourth-order valence-electron chi connectivity index (χ4n) is 4.40. The molecule has 10 heteroatoms. The lowest BCUT2D eigenvalue weighted by Gasteiger charge is -2.42.